The van der Waals surface area contributed by atoms with E-state index >= 15 is 0 Å². The van der Waals surface area contributed by atoms with Gasteiger partial charge in [-0.15, -0.1) is 0 Å². The largest absolute Gasteiger partial charge is 0.507 e. The number of Topliss-reactive ketones (excluding diaryl/α,β-unsaturated/α-hetero) is 1. The molecule has 10 unspecified atom stereocenters. The second-order valence-corrected chi connectivity index (χ2v) is 12.9. The molecular weight excluding hydrogens is 616 g/mol. The van der Waals surface area contributed by atoms with E-state index in [0.717, 1.165) is 0 Å². The topological polar surface area (TPSA) is 230 Å². The average Bonchev–Trinajstić information content (AvgIpc) is 3.02. The van der Waals surface area contributed by atoms with E-state index in [1.807, 2.05) is 0 Å². The first-order valence-corrected chi connectivity index (χ1v) is 15.6. The number of rotatable bonds is 6. The van der Waals surface area contributed by atoms with Crippen LogP contribution < -0.4 is 16.2 Å². The number of hydrogen-bond donors (Lipinski definition) is 6. The lowest BCUT2D eigenvalue weighted by Crippen LogP contribution is -2.56. The highest BCUT2D eigenvalue weighted by atomic mass is 16.7. The van der Waals surface area contributed by atoms with Crippen LogP contribution in [0.3, 0.4) is 0 Å². The van der Waals surface area contributed by atoms with Crippen molar-refractivity contribution in [3.05, 3.63) is 51.6 Å². The smallest absolute Gasteiger partial charge is 0.202 e. The predicted octanol–water partition coefficient (Wildman–Crippen LogP) is 0.876. The number of benzene rings is 2. The van der Waals surface area contributed by atoms with Crippen molar-refractivity contribution < 1.29 is 58.5 Å². The van der Waals surface area contributed by atoms with Crippen LogP contribution in [0.2, 0.25) is 0 Å². The van der Waals surface area contributed by atoms with Crippen LogP contribution in [0, 0.1) is 0 Å². The summed E-state index contributed by atoms with van der Waals surface area (Å²) in [5.74, 6) is -3.06. The lowest BCUT2D eigenvalue weighted by Gasteiger charge is -2.46. The Morgan fingerprint density at radius 3 is 2.11 bits per heavy atom. The molecule has 0 amide bonds. The van der Waals surface area contributed by atoms with Gasteiger partial charge in [-0.25, -0.2) is 0 Å². The fraction of sp³-hybridized carbons (Fsp3) is 0.545. The first kappa shape index (κ1) is 33.4. The third kappa shape index (κ3) is 5.42. The standard InChI is InChI=1S/C33H40N2O12/c1-12-27(37)17(34)8-21(44-12)46-20-11-33(14(3)36,47-22-9-18(35)28(38)13(2)45-22)10-16-24(20)32(42)26-25(30(16)40)29(39)15-6-5-7-19(43-4)23(15)31(26)41/h5-7,12-13,17-18,20-22,27-28,37-38,40,42H,8-11,34-35H2,1-4H3. The highest BCUT2D eigenvalue weighted by Crippen LogP contribution is 2.53. The maximum absolute atomic E-state index is 14.0. The van der Waals surface area contributed by atoms with Crippen molar-refractivity contribution in [2.75, 3.05) is 7.11 Å². The molecule has 2 saturated heterocycles. The SMILES string of the molecule is COc1cccc2c1C(=O)c1c(O)c3c(c(O)c1C2=O)CC(OC1CC(N)C(O)C(C)O1)(C(C)=O)CC3OC1CC(N)C(O)C(C)O1. The number of aromatic hydroxyl groups is 2. The first-order chi connectivity index (χ1) is 22.2. The average molecular weight is 657 g/mol. The Morgan fingerprint density at radius 2 is 1.51 bits per heavy atom. The van der Waals surface area contributed by atoms with E-state index in [1.54, 1.807) is 13.8 Å². The van der Waals surface area contributed by atoms with Crippen molar-refractivity contribution in [3.8, 4) is 17.2 Å². The zero-order valence-corrected chi connectivity index (χ0v) is 26.5. The van der Waals surface area contributed by atoms with Crippen LogP contribution in [0.25, 0.3) is 0 Å². The van der Waals surface area contributed by atoms with Crippen molar-refractivity contribution in [2.24, 2.45) is 11.5 Å². The maximum atomic E-state index is 14.0. The molecule has 0 aromatic heterocycles. The quantitative estimate of drug-likeness (QED) is 0.202. The summed E-state index contributed by atoms with van der Waals surface area (Å²) >= 11 is 0. The van der Waals surface area contributed by atoms with Gasteiger partial charge in [0.25, 0.3) is 0 Å². The fourth-order valence-corrected chi connectivity index (χ4v) is 7.23. The van der Waals surface area contributed by atoms with Gasteiger partial charge in [-0.1, -0.05) is 12.1 Å². The number of methoxy groups -OCH3 is 1. The number of aliphatic hydroxyl groups is 2. The Balaban J connectivity index is 1.50. The molecule has 2 aliphatic heterocycles. The van der Waals surface area contributed by atoms with E-state index in [1.165, 1.54) is 32.2 Å². The third-order valence-electron chi connectivity index (χ3n) is 9.88. The zero-order valence-electron chi connectivity index (χ0n) is 26.5. The fourth-order valence-electron chi connectivity index (χ4n) is 7.23. The number of aliphatic hydroxyl groups excluding tert-OH is 2. The Hall–Kier alpha value is -3.47. The van der Waals surface area contributed by atoms with E-state index in [9.17, 15) is 34.8 Å². The molecule has 254 valence electrons. The van der Waals surface area contributed by atoms with Crippen molar-refractivity contribution in [3.63, 3.8) is 0 Å². The molecular formula is C33H40N2O12. The minimum absolute atomic E-state index is 0.0246. The Bertz CT molecular complexity index is 1610. The number of nitrogens with two attached hydrogens (primary N) is 2. The molecule has 0 saturated carbocycles. The minimum atomic E-state index is -1.74. The van der Waals surface area contributed by atoms with E-state index in [2.05, 4.69) is 0 Å². The van der Waals surface area contributed by atoms with E-state index in [4.69, 9.17) is 35.2 Å². The molecule has 0 spiro atoms. The molecule has 4 aliphatic rings. The van der Waals surface area contributed by atoms with Gasteiger partial charge in [0.15, 0.2) is 24.1 Å². The predicted molar refractivity (Wildman–Crippen MR) is 162 cm³/mol. The van der Waals surface area contributed by atoms with Crippen LogP contribution in [0.4, 0.5) is 0 Å². The van der Waals surface area contributed by atoms with Gasteiger partial charge in [0.05, 0.1) is 54.3 Å². The highest BCUT2D eigenvalue weighted by Gasteiger charge is 2.52. The van der Waals surface area contributed by atoms with Gasteiger partial charge in [-0.05, 0) is 26.8 Å². The number of phenolic OH excluding ortho intramolecular Hbond substituents is 2. The molecule has 2 heterocycles. The summed E-state index contributed by atoms with van der Waals surface area (Å²) < 4.78 is 29.8. The summed E-state index contributed by atoms with van der Waals surface area (Å²) in [5, 5.41) is 44.3. The number of carbonyl (C=O) groups is 3. The maximum Gasteiger partial charge on any atom is 0.202 e. The molecule has 14 nitrogen and oxygen atoms in total. The van der Waals surface area contributed by atoms with Crippen LogP contribution in [0.15, 0.2) is 18.2 Å². The van der Waals surface area contributed by atoms with Gasteiger partial charge < -0.3 is 55.6 Å². The monoisotopic (exact) mass is 656 g/mol. The molecule has 0 bridgehead atoms. The van der Waals surface area contributed by atoms with Crippen molar-refractivity contribution in [2.45, 2.75) is 107 Å². The van der Waals surface area contributed by atoms with Gasteiger partial charge in [0, 0.05) is 54.5 Å². The van der Waals surface area contributed by atoms with Gasteiger partial charge in [-0.3, -0.25) is 14.4 Å². The number of phenols is 2. The molecule has 0 radical (unpaired) electrons. The second kappa shape index (κ2) is 12.2. The number of hydrogen-bond acceptors (Lipinski definition) is 14. The van der Waals surface area contributed by atoms with Crippen LogP contribution >= 0.6 is 0 Å². The summed E-state index contributed by atoms with van der Waals surface area (Å²) in [5.41, 5.74) is 9.53. The highest BCUT2D eigenvalue weighted by molar-refractivity contribution is 6.31. The molecule has 2 aliphatic carbocycles. The van der Waals surface area contributed by atoms with Gasteiger partial charge >= 0.3 is 0 Å². The third-order valence-corrected chi connectivity index (χ3v) is 9.88. The summed E-state index contributed by atoms with van der Waals surface area (Å²) in [4.78, 5) is 41.4. The van der Waals surface area contributed by atoms with Gasteiger partial charge in [0.1, 0.15) is 22.8 Å². The number of fused-ring (bicyclic) bond motifs is 3. The first-order valence-electron chi connectivity index (χ1n) is 15.6. The zero-order chi connectivity index (χ0) is 34.1. The van der Waals surface area contributed by atoms with Crippen LogP contribution in [-0.4, -0.2) is 99.6 Å². The van der Waals surface area contributed by atoms with E-state index in [0.29, 0.717) is 0 Å². The molecule has 10 atom stereocenters. The molecule has 6 rings (SSSR count). The van der Waals surface area contributed by atoms with Crippen molar-refractivity contribution in [1.82, 2.24) is 0 Å². The summed E-state index contributed by atoms with van der Waals surface area (Å²) in [7, 11) is 1.34. The van der Waals surface area contributed by atoms with Crippen LogP contribution in [-0.2, 0) is 30.2 Å². The number of ketones is 3. The van der Waals surface area contributed by atoms with E-state index in [-0.39, 0.29) is 53.7 Å². The number of carbonyl (C=O) groups excluding carboxylic acids is 3. The second-order valence-electron chi connectivity index (χ2n) is 12.9. The Kier molecular flexibility index (Phi) is 8.68. The Morgan fingerprint density at radius 1 is 0.915 bits per heavy atom. The molecule has 14 heteroatoms. The summed E-state index contributed by atoms with van der Waals surface area (Å²) in [6.07, 6.45) is -7.18. The van der Waals surface area contributed by atoms with Crippen molar-refractivity contribution in [1.29, 1.82) is 0 Å². The lowest BCUT2D eigenvalue weighted by atomic mass is 9.71. The molecule has 2 aromatic carbocycles. The summed E-state index contributed by atoms with van der Waals surface area (Å²) in [6.45, 7) is 4.53. The van der Waals surface area contributed by atoms with Crippen molar-refractivity contribution >= 4 is 17.3 Å². The molecule has 8 N–H and O–H groups in total. The van der Waals surface area contributed by atoms with E-state index < -0.39 is 101 Å². The number of ether oxygens (including phenoxy) is 5. The molecule has 47 heavy (non-hydrogen) atoms. The Labute approximate surface area is 270 Å². The minimum Gasteiger partial charge on any atom is -0.507 e. The van der Waals surface area contributed by atoms with Crippen LogP contribution in [0.1, 0.15) is 89.1 Å². The van der Waals surface area contributed by atoms with Crippen LogP contribution in [0.5, 0.6) is 17.2 Å². The molecule has 2 fully saturated rings. The van der Waals surface area contributed by atoms with Gasteiger partial charge in [0.2, 0.25) is 5.78 Å². The lowest BCUT2D eigenvalue weighted by molar-refractivity contribution is -0.277. The van der Waals surface area contributed by atoms with Gasteiger partial charge in [-0.2, -0.15) is 0 Å². The summed E-state index contributed by atoms with van der Waals surface area (Å²) in [6, 6.07) is 3.02. The molecule has 2 aromatic rings. The normalized spacial score (nSPS) is 35.1.